The van der Waals surface area contributed by atoms with Gasteiger partial charge in [-0.25, -0.2) is 4.98 Å². The Morgan fingerprint density at radius 3 is 2.35 bits per heavy atom. The number of fused-ring (bicyclic) bond motifs is 18. The van der Waals surface area contributed by atoms with Crippen LogP contribution in [0.25, 0.3) is 55.6 Å². The summed E-state index contributed by atoms with van der Waals surface area (Å²) in [6.07, 6.45) is 4.33. The number of para-hydroxylation sites is 5. The van der Waals surface area contributed by atoms with Crippen molar-refractivity contribution in [2.75, 3.05) is 16.8 Å². The molecule has 0 bridgehead atoms. The zero-order chi connectivity index (χ0) is 35.1. The van der Waals surface area contributed by atoms with Crippen LogP contribution in [0.4, 0.5) is 22.9 Å². The molecule has 3 aliphatic heterocycles. The van der Waals surface area contributed by atoms with Crippen LogP contribution in [0, 0.1) is 0 Å². The van der Waals surface area contributed by atoms with Gasteiger partial charge in [-0.1, -0.05) is 121 Å². The van der Waals surface area contributed by atoms with Gasteiger partial charge in [0.05, 0.1) is 44.7 Å². The van der Waals surface area contributed by atoms with Crippen LogP contribution in [0.3, 0.4) is 0 Å². The highest BCUT2D eigenvalue weighted by Gasteiger charge is 2.52. The van der Waals surface area contributed by atoms with Gasteiger partial charge in [-0.15, -0.1) is 0 Å². The second kappa shape index (κ2) is 10.1. The summed E-state index contributed by atoms with van der Waals surface area (Å²) in [5, 5.41) is 7.23. The van der Waals surface area contributed by atoms with Crippen LogP contribution in [0.5, 0.6) is 11.5 Å². The molecule has 0 amide bonds. The molecule has 13 rings (SSSR count). The van der Waals surface area contributed by atoms with Gasteiger partial charge < -0.3 is 14.6 Å². The van der Waals surface area contributed by atoms with Crippen LogP contribution in [0.2, 0.25) is 0 Å². The minimum Gasteiger partial charge on any atom is -0.452 e. The zero-order valence-corrected chi connectivity index (χ0v) is 29.0. The second-order valence-electron chi connectivity index (χ2n) is 14.7. The van der Waals surface area contributed by atoms with E-state index in [9.17, 15) is 0 Å². The number of aromatic nitrogens is 2. The van der Waals surface area contributed by atoms with Gasteiger partial charge in [0, 0.05) is 28.3 Å². The van der Waals surface area contributed by atoms with E-state index in [1.54, 1.807) is 0 Å². The van der Waals surface area contributed by atoms with Gasteiger partial charge in [-0.05, 0) is 75.8 Å². The maximum atomic E-state index is 7.12. The molecule has 54 heavy (non-hydrogen) atoms. The Bertz CT molecular complexity index is 3170. The predicted molar refractivity (Wildman–Crippen MR) is 219 cm³/mol. The Morgan fingerprint density at radius 1 is 0.611 bits per heavy atom. The number of anilines is 4. The van der Waals surface area contributed by atoms with Crippen LogP contribution in [0.15, 0.2) is 158 Å². The van der Waals surface area contributed by atoms with E-state index in [4.69, 9.17) is 9.72 Å². The molecule has 4 aliphatic rings. The van der Waals surface area contributed by atoms with E-state index in [1.807, 2.05) is 0 Å². The molecule has 2 aromatic heterocycles. The highest BCUT2D eigenvalue weighted by atomic mass is 16.5. The maximum Gasteiger partial charge on any atom is 0.159 e. The summed E-state index contributed by atoms with van der Waals surface area (Å²) >= 11 is 0. The van der Waals surface area contributed by atoms with Gasteiger partial charge in [0.15, 0.2) is 11.5 Å². The topological polar surface area (TPSA) is 42.3 Å². The molecule has 0 fully saturated rings. The number of pyridine rings is 1. The fourth-order valence-corrected chi connectivity index (χ4v) is 10.1. The molecule has 7 aromatic carbocycles. The van der Waals surface area contributed by atoms with E-state index in [2.05, 4.69) is 179 Å². The first-order valence-electron chi connectivity index (χ1n) is 18.6. The average Bonchev–Trinajstić information content (AvgIpc) is 3.73. The minimum absolute atomic E-state index is 0.563. The lowest BCUT2D eigenvalue weighted by molar-refractivity contribution is 0.478. The largest absolute Gasteiger partial charge is 0.452 e. The van der Waals surface area contributed by atoms with Gasteiger partial charge in [0.25, 0.3) is 0 Å². The van der Waals surface area contributed by atoms with Crippen molar-refractivity contribution >= 4 is 61.7 Å². The second-order valence-corrected chi connectivity index (χ2v) is 14.7. The molecule has 1 unspecified atom stereocenters. The van der Waals surface area contributed by atoms with Crippen molar-refractivity contribution in [2.24, 2.45) is 0 Å². The van der Waals surface area contributed by atoms with Gasteiger partial charge in [-0.2, -0.15) is 0 Å². The molecule has 0 saturated heterocycles. The van der Waals surface area contributed by atoms with Crippen molar-refractivity contribution in [2.45, 2.75) is 5.41 Å². The van der Waals surface area contributed by atoms with Crippen LogP contribution in [-0.4, -0.2) is 16.1 Å². The van der Waals surface area contributed by atoms with Crippen LogP contribution < -0.4 is 15.0 Å². The smallest absolute Gasteiger partial charge is 0.159 e. The predicted octanol–water partition coefficient (Wildman–Crippen LogP) is 12.0. The molecular weight excluding hydrogens is 661 g/mol. The van der Waals surface area contributed by atoms with E-state index in [0.29, 0.717) is 0 Å². The van der Waals surface area contributed by atoms with Crippen LogP contribution in [0.1, 0.15) is 27.8 Å². The van der Waals surface area contributed by atoms with Crippen molar-refractivity contribution in [3.05, 3.63) is 186 Å². The van der Waals surface area contributed by atoms with Crippen LogP contribution >= 0.6 is 0 Å². The van der Waals surface area contributed by atoms with Crippen molar-refractivity contribution < 1.29 is 4.74 Å². The summed E-state index contributed by atoms with van der Waals surface area (Å²) in [5.74, 6) is 2.51. The monoisotopic (exact) mass is 690 g/mol. The Morgan fingerprint density at radius 2 is 1.39 bits per heavy atom. The molecule has 0 radical (unpaired) electrons. The molecule has 9 aromatic rings. The number of nitrogens with zero attached hydrogens (tertiary/aromatic N) is 3. The first kappa shape index (κ1) is 28.5. The summed E-state index contributed by atoms with van der Waals surface area (Å²) in [6.45, 7) is 0.784. The molecule has 1 aliphatic carbocycles. The normalized spacial score (nSPS) is 16.7. The highest BCUT2D eigenvalue weighted by molar-refractivity contribution is 6.13. The Labute approximate surface area is 311 Å². The number of rotatable bonds is 1. The van der Waals surface area contributed by atoms with Gasteiger partial charge >= 0.3 is 0 Å². The SMILES string of the molecule is C1=Cc2ccc3ccc(N4c5ccccc5Oc5c4ccc4c5-c5ccccc5C45c4ccccc4-n4c6ccccc6c6cccc5c64)nc3c2NC1. The van der Waals surface area contributed by atoms with Crippen molar-refractivity contribution in [1.29, 1.82) is 0 Å². The third-order valence-electron chi connectivity index (χ3n) is 12.2. The van der Waals surface area contributed by atoms with Crippen LogP contribution in [-0.2, 0) is 5.41 Å². The molecule has 1 N–H and O–H groups in total. The number of ether oxygens (including phenoxy) is 1. The summed E-state index contributed by atoms with van der Waals surface area (Å²) in [7, 11) is 0. The fourth-order valence-electron chi connectivity index (χ4n) is 10.1. The summed E-state index contributed by atoms with van der Waals surface area (Å²) in [4.78, 5) is 7.69. The number of nitrogens with one attached hydrogen (secondary N) is 1. The standard InChI is InChI=1S/C49H30N4O/c1-3-15-34-33(13-1)44-36(49(34)35-16-4-6-19-39(35)53-38-18-5-2-12-31(38)32-14-9-17-37(49)47(32)53)25-26-41-48(44)54-42-21-8-7-20-40(42)52(41)43-27-24-30-23-22-29-11-10-28-50-45(29)46(30)51-43/h1-27,50H,28H2. The minimum atomic E-state index is -0.563. The summed E-state index contributed by atoms with van der Waals surface area (Å²) in [5.41, 5.74) is 15.7. The van der Waals surface area contributed by atoms with Crippen molar-refractivity contribution in [3.8, 4) is 28.3 Å². The summed E-state index contributed by atoms with van der Waals surface area (Å²) in [6, 6.07) is 55.3. The third kappa shape index (κ3) is 3.34. The quantitative estimate of drug-likeness (QED) is 0.186. The van der Waals surface area contributed by atoms with Gasteiger partial charge in [-0.3, -0.25) is 4.90 Å². The molecule has 0 saturated carbocycles. The lowest BCUT2D eigenvalue weighted by Gasteiger charge is -2.40. The highest BCUT2D eigenvalue weighted by Crippen LogP contribution is 2.65. The van der Waals surface area contributed by atoms with Gasteiger partial charge in [0.1, 0.15) is 5.82 Å². The number of hydrogen-bond acceptors (Lipinski definition) is 4. The van der Waals surface area contributed by atoms with Crippen molar-refractivity contribution in [1.82, 2.24) is 9.55 Å². The molecule has 252 valence electrons. The van der Waals surface area contributed by atoms with E-state index < -0.39 is 5.41 Å². The summed E-state index contributed by atoms with van der Waals surface area (Å²) < 4.78 is 9.61. The Balaban J connectivity index is 1.13. The molecule has 5 heteroatoms. The lowest BCUT2D eigenvalue weighted by atomic mass is 9.65. The van der Waals surface area contributed by atoms with Gasteiger partial charge in [0.2, 0.25) is 0 Å². The zero-order valence-electron chi connectivity index (χ0n) is 29.0. The molecule has 5 nitrogen and oxygen atoms in total. The lowest BCUT2D eigenvalue weighted by Crippen LogP contribution is -2.33. The third-order valence-corrected chi connectivity index (χ3v) is 12.2. The first-order chi connectivity index (χ1) is 26.8. The number of benzene rings is 7. The van der Waals surface area contributed by atoms with Crippen molar-refractivity contribution in [3.63, 3.8) is 0 Å². The first-order valence-corrected chi connectivity index (χ1v) is 18.6. The van der Waals surface area contributed by atoms with E-state index in [0.717, 1.165) is 63.0 Å². The van der Waals surface area contributed by atoms with E-state index in [1.165, 1.54) is 55.3 Å². The van der Waals surface area contributed by atoms with E-state index in [-0.39, 0.29) is 0 Å². The van der Waals surface area contributed by atoms with E-state index >= 15 is 0 Å². The number of hydrogen-bond donors (Lipinski definition) is 1. The molecule has 1 spiro atoms. The maximum absolute atomic E-state index is 7.12. The molecule has 5 heterocycles. The fraction of sp³-hybridized carbons (Fsp3) is 0.0408. The molecular formula is C49H30N4O. The average molecular weight is 691 g/mol. The molecule has 1 atom stereocenters. The Hall–Kier alpha value is -7.11. The Kier molecular flexibility index (Phi) is 5.30.